The first-order valence-electron chi connectivity index (χ1n) is 13.5. The predicted molar refractivity (Wildman–Crippen MR) is 132 cm³/mol. The third-order valence-corrected chi connectivity index (χ3v) is 10.2. The third-order valence-electron chi connectivity index (χ3n) is 10.2. The third kappa shape index (κ3) is 4.75. The molecule has 0 heterocycles. The number of amides is 1. The molecule has 4 rings (SSSR count). The Morgan fingerprint density at radius 2 is 1.76 bits per heavy atom. The highest BCUT2D eigenvalue weighted by Gasteiger charge is 2.66. The van der Waals surface area contributed by atoms with Crippen molar-refractivity contribution < 1.29 is 38.9 Å². The molecule has 0 saturated heterocycles. The molecule has 0 aliphatic heterocycles. The van der Waals surface area contributed by atoms with Crippen molar-refractivity contribution in [2.75, 3.05) is 6.61 Å². The van der Waals surface area contributed by atoms with E-state index in [1.165, 1.54) is 12.5 Å². The maximum absolute atomic E-state index is 13.3. The lowest BCUT2D eigenvalue weighted by atomic mass is 9.46. The van der Waals surface area contributed by atoms with Crippen molar-refractivity contribution in [2.45, 2.75) is 96.6 Å². The van der Waals surface area contributed by atoms with Crippen molar-refractivity contribution >= 4 is 29.4 Å². The summed E-state index contributed by atoms with van der Waals surface area (Å²) in [6.07, 6.45) is 7.29. The van der Waals surface area contributed by atoms with Crippen LogP contribution in [-0.2, 0) is 28.7 Å². The number of nitrogens with one attached hydrogen (secondary N) is 1. The second-order valence-corrected chi connectivity index (χ2v) is 12.0. The first kappa shape index (κ1) is 27.5. The van der Waals surface area contributed by atoms with Crippen LogP contribution in [0.3, 0.4) is 0 Å². The van der Waals surface area contributed by atoms with Gasteiger partial charge in [0, 0.05) is 18.3 Å². The Morgan fingerprint density at radius 1 is 1.05 bits per heavy atom. The quantitative estimate of drug-likeness (QED) is 0.417. The molecular formula is C28H39NO8. The summed E-state index contributed by atoms with van der Waals surface area (Å²) < 4.78 is 5.13. The summed E-state index contributed by atoms with van der Waals surface area (Å²) >= 11 is 0. The number of fused-ring (bicyclic) bond motifs is 5. The molecular weight excluding hydrogens is 478 g/mol. The molecule has 4 aliphatic carbocycles. The van der Waals surface area contributed by atoms with E-state index in [0.717, 1.165) is 32.1 Å². The van der Waals surface area contributed by atoms with Gasteiger partial charge in [0.05, 0.1) is 6.42 Å². The molecule has 9 nitrogen and oxygen atoms in total. The van der Waals surface area contributed by atoms with E-state index < -0.39 is 47.3 Å². The number of esters is 1. The Hall–Kier alpha value is -2.55. The van der Waals surface area contributed by atoms with E-state index in [-0.39, 0.29) is 30.0 Å². The largest absolute Gasteiger partial charge is 0.480 e. The minimum absolute atomic E-state index is 0.00690. The lowest BCUT2D eigenvalue weighted by molar-refractivity contribution is -0.170. The minimum atomic E-state index is -1.57. The second-order valence-electron chi connectivity index (χ2n) is 12.0. The zero-order chi connectivity index (χ0) is 27.2. The monoisotopic (exact) mass is 517 g/mol. The number of ether oxygens (including phenoxy) is 1. The number of carboxylic acid groups (broad SMARTS) is 1. The first-order chi connectivity index (χ1) is 17.3. The van der Waals surface area contributed by atoms with Gasteiger partial charge < -0.3 is 20.3 Å². The van der Waals surface area contributed by atoms with E-state index in [1.54, 1.807) is 0 Å². The number of carboxylic acids is 1. The summed E-state index contributed by atoms with van der Waals surface area (Å²) in [5, 5.41) is 22.8. The van der Waals surface area contributed by atoms with Crippen molar-refractivity contribution in [3.05, 3.63) is 11.6 Å². The number of ketones is 2. The highest BCUT2D eigenvalue weighted by Crippen LogP contribution is 2.67. The second kappa shape index (κ2) is 9.97. The molecule has 0 bridgehead atoms. The van der Waals surface area contributed by atoms with Crippen LogP contribution in [0.15, 0.2) is 11.6 Å². The van der Waals surface area contributed by atoms with Crippen molar-refractivity contribution in [2.24, 2.45) is 28.6 Å². The Balaban J connectivity index is 1.36. The summed E-state index contributed by atoms with van der Waals surface area (Å²) in [5.74, 6) is -1.80. The van der Waals surface area contributed by atoms with E-state index >= 15 is 0 Å². The van der Waals surface area contributed by atoms with Gasteiger partial charge in [0.25, 0.3) is 0 Å². The summed E-state index contributed by atoms with van der Waals surface area (Å²) in [6.45, 7) is 5.07. The van der Waals surface area contributed by atoms with Gasteiger partial charge in [-0.1, -0.05) is 19.4 Å². The van der Waals surface area contributed by atoms with Crippen LogP contribution in [0.25, 0.3) is 0 Å². The number of rotatable bonds is 8. The van der Waals surface area contributed by atoms with Gasteiger partial charge in [-0.2, -0.15) is 0 Å². The minimum Gasteiger partial charge on any atom is -0.480 e. The molecule has 0 radical (unpaired) electrons. The molecule has 7 atom stereocenters. The zero-order valence-corrected chi connectivity index (χ0v) is 22.0. The summed E-state index contributed by atoms with van der Waals surface area (Å²) in [6, 6.07) is -1.07. The molecule has 0 aromatic rings. The number of hydrogen-bond acceptors (Lipinski definition) is 7. The van der Waals surface area contributed by atoms with E-state index in [9.17, 15) is 29.1 Å². The summed E-state index contributed by atoms with van der Waals surface area (Å²) in [7, 11) is 0. The molecule has 0 spiro atoms. The molecule has 0 aromatic heterocycles. The lowest BCUT2D eigenvalue weighted by Gasteiger charge is -2.58. The maximum Gasteiger partial charge on any atom is 0.325 e. The Morgan fingerprint density at radius 3 is 2.46 bits per heavy atom. The SMILES string of the molecule is C[C@H](NC(=O)CCC(=O)OCC(=O)[C@@]1(O)CC[C@H]2[C@@H]3CCC4=CC(=O)CC[C@]4(C)[C@H]3CC[C@@]21C)C(=O)O. The van der Waals surface area contributed by atoms with Gasteiger partial charge in [-0.3, -0.25) is 24.0 Å². The van der Waals surface area contributed by atoms with Crippen LogP contribution in [0.5, 0.6) is 0 Å². The number of aliphatic carboxylic acids is 1. The highest BCUT2D eigenvalue weighted by molar-refractivity contribution is 5.92. The van der Waals surface area contributed by atoms with E-state index in [0.29, 0.717) is 31.1 Å². The van der Waals surface area contributed by atoms with Crippen LogP contribution in [0.1, 0.15) is 85.0 Å². The van der Waals surface area contributed by atoms with Gasteiger partial charge >= 0.3 is 11.9 Å². The van der Waals surface area contributed by atoms with Gasteiger partial charge in [0.1, 0.15) is 11.6 Å². The molecule has 4 aliphatic rings. The molecule has 0 aromatic carbocycles. The van der Waals surface area contributed by atoms with E-state index in [2.05, 4.69) is 12.2 Å². The van der Waals surface area contributed by atoms with Gasteiger partial charge in [-0.15, -0.1) is 0 Å². The highest BCUT2D eigenvalue weighted by atomic mass is 16.5. The van der Waals surface area contributed by atoms with Crippen LogP contribution < -0.4 is 5.32 Å². The van der Waals surface area contributed by atoms with Crippen molar-refractivity contribution in [1.82, 2.24) is 5.32 Å². The van der Waals surface area contributed by atoms with E-state index in [4.69, 9.17) is 9.84 Å². The maximum atomic E-state index is 13.3. The average Bonchev–Trinajstić information content (AvgIpc) is 3.13. The summed E-state index contributed by atoms with van der Waals surface area (Å²) in [5.41, 5.74) is -0.896. The molecule has 0 unspecified atom stereocenters. The van der Waals surface area contributed by atoms with Crippen LogP contribution >= 0.6 is 0 Å². The predicted octanol–water partition coefficient (Wildman–Crippen LogP) is 2.73. The fraction of sp³-hybridized carbons (Fsp3) is 0.750. The fourth-order valence-corrected chi connectivity index (χ4v) is 7.96. The Kier molecular flexibility index (Phi) is 7.40. The molecule has 3 N–H and O–H groups in total. The standard InChI is InChI=1S/C28H39NO8/c1-16(25(34)35)29-23(32)6-7-24(33)37-15-22(31)28(36)13-10-21-19-5-4-17-14-18(30)8-11-26(17,2)20(19)9-12-27(21,28)3/h14,16,19-21,36H,4-13,15H2,1-3H3,(H,29,32)(H,34,35)/t16-,19+,20-,21-,26-,27-,28-/m0/s1. The van der Waals surface area contributed by atoms with Gasteiger partial charge in [0.15, 0.2) is 12.4 Å². The van der Waals surface area contributed by atoms with Crippen LogP contribution in [0, 0.1) is 28.6 Å². The number of aliphatic hydroxyl groups is 1. The van der Waals surface area contributed by atoms with Crippen LogP contribution in [-0.4, -0.2) is 57.9 Å². The summed E-state index contributed by atoms with van der Waals surface area (Å²) in [4.78, 5) is 60.1. The lowest BCUT2D eigenvalue weighted by Crippen LogP contribution is -2.58. The molecule has 9 heteroatoms. The van der Waals surface area contributed by atoms with Crippen molar-refractivity contribution in [3.63, 3.8) is 0 Å². The number of hydrogen-bond donors (Lipinski definition) is 3. The molecule has 37 heavy (non-hydrogen) atoms. The van der Waals surface area contributed by atoms with Gasteiger partial charge in [-0.25, -0.2) is 0 Å². The molecule has 3 saturated carbocycles. The topological polar surface area (TPSA) is 147 Å². The number of allylic oxidation sites excluding steroid dienone is 1. The average molecular weight is 518 g/mol. The number of carbonyl (C=O) groups is 5. The molecule has 204 valence electrons. The van der Waals surface area contributed by atoms with Gasteiger partial charge in [-0.05, 0) is 81.1 Å². The first-order valence-corrected chi connectivity index (χ1v) is 13.5. The fourth-order valence-electron chi connectivity index (χ4n) is 7.96. The molecule has 3 fully saturated rings. The van der Waals surface area contributed by atoms with Crippen molar-refractivity contribution in [1.29, 1.82) is 0 Å². The van der Waals surface area contributed by atoms with E-state index in [1.807, 2.05) is 13.0 Å². The van der Waals surface area contributed by atoms with Crippen LogP contribution in [0.4, 0.5) is 0 Å². The number of carbonyl (C=O) groups excluding carboxylic acids is 4. The number of Topliss-reactive ketones (excluding diaryl/α,β-unsaturated/α-hetero) is 1. The Bertz CT molecular complexity index is 1040. The molecule has 1 amide bonds. The smallest absolute Gasteiger partial charge is 0.325 e. The van der Waals surface area contributed by atoms with Crippen LogP contribution in [0.2, 0.25) is 0 Å². The van der Waals surface area contributed by atoms with Crippen molar-refractivity contribution in [3.8, 4) is 0 Å². The normalized spacial score (nSPS) is 37.4. The zero-order valence-electron chi connectivity index (χ0n) is 22.0. The Labute approximate surface area is 217 Å². The van der Waals surface area contributed by atoms with Gasteiger partial charge in [0.2, 0.25) is 11.7 Å².